The van der Waals surface area contributed by atoms with E-state index >= 15 is 0 Å². The van der Waals surface area contributed by atoms with E-state index in [4.69, 9.17) is 5.26 Å². The Balaban J connectivity index is 2.00. The maximum Gasteiger partial charge on any atom is 0.265 e. The maximum absolute atomic E-state index is 11.8. The zero-order valence-corrected chi connectivity index (χ0v) is 8.94. The second kappa shape index (κ2) is 4.77. The average Bonchev–Trinajstić information content (AvgIpc) is 2.82. The van der Waals surface area contributed by atoms with Crippen molar-refractivity contribution in [2.75, 3.05) is 13.1 Å². The van der Waals surface area contributed by atoms with Crippen LogP contribution >= 0.6 is 0 Å². The Morgan fingerprint density at radius 3 is 2.44 bits per heavy atom. The largest absolute Gasteiger partial charge is 0.285 e. The smallest absolute Gasteiger partial charge is 0.265 e. The van der Waals surface area contributed by atoms with E-state index in [1.54, 1.807) is 24.3 Å². The molecule has 0 spiro atoms. The van der Waals surface area contributed by atoms with Crippen LogP contribution in [0.1, 0.15) is 28.8 Å². The minimum Gasteiger partial charge on any atom is -0.285 e. The third-order valence-electron chi connectivity index (χ3n) is 2.64. The number of benzene rings is 1. The van der Waals surface area contributed by atoms with Crippen molar-refractivity contribution in [3.63, 3.8) is 0 Å². The number of nitrogens with one attached hydrogen (secondary N) is 1. The Bertz CT molecular complexity index is 413. The highest BCUT2D eigenvalue weighted by Gasteiger charge is 2.14. The predicted molar refractivity (Wildman–Crippen MR) is 59.4 cm³/mol. The van der Waals surface area contributed by atoms with Gasteiger partial charge in [0.15, 0.2) is 0 Å². The maximum atomic E-state index is 11.8. The SMILES string of the molecule is N#Cc1ccc(C(=O)NN2CCCC2)cc1. The molecule has 4 nitrogen and oxygen atoms in total. The molecule has 1 aliphatic heterocycles. The highest BCUT2D eigenvalue weighted by atomic mass is 16.2. The minimum absolute atomic E-state index is 0.105. The first-order chi connectivity index (χ1) is 7.79. The first-order valence-corrected chi connectivity index (χ1v) is 5.36. The van der Waals surface area contributed by atoms with Gasteiger partial charge in [-0.05, 0) is 37.1 Å². The summed E-state index contributed by atoms with van der Waals surface area (Å²) in [4.78, 5) is 11.8. The molecule has 1 fully saturated rings. The van der Waals surface area contributed by atoms with Crippen LogP contribution in [0.5, 0.6) is 0 Å². The van der Waals surface area contributed by atoms with E-state index in [1.165, 1.54) is 0 Å². The molecule has 16 heavy (non-hydrogen) atoms. The average molecular weight is 215 g/mol. The van der Waals surface area contributed by atoms with Gasteiger partial charge < -0.3 is 0 Å². The van der Waals surface area contributed by atoms with Gasteiger partial charge in [0.2, 0.25) is 0 Å². The number of hydrazine groups is 1. The lowest BCUT2D eigenvalue weighted by molar-refractivity contribution is 0.0826. The van der Waals surface area contributed by atoms with Gasteiger partial charge in [-0.15, -0.1) is 0 Å². The number of amides is 1. The summed E-state index contributed by atoms with van der Waals surface area (Å²) in [6.07, 6.45) is 2.27. The molecule has 1 saturated heterocycles. The zero-order chi connectivity index (χ0) is 11.4. The molecule has 1 heterocycles. The van der Waals surface area contributed by atoms with Gasteiger partial charge in [0.25, 0.3) is 5.91 Å². The van der Waals surface area contributed by atoms with E-state index in [2.05, 4.69) is 5.43 Å². The first kappa shape index (κ1) is 10.7. The molecule has 0 atom stereocenters. The normalized spacial score (nSPS) is 15.7. The first-order valence-electron chi connectivity index (χ1n) is 5.36. The summed E-state index contributed by atoms with van der Waals surface area (Å²) >= 11 is 0. The number of rotatable bonds is 2. The van der Waals surface area contributed by atoms with Crippen molar-refractivity contribution >= 4 is 5.91 Å². The van der Waals surface area contributed by atoms with Gasteiger partial charge in [0, 0.05) is 18.7 Å². The second-order valence-electron chi connectivity index (χ2n) is 3.82. The Morgan fingerprint density at radius 1 is 1.25 bits per heavy atom. The van der Waals surface area contributed by atoms with Crippen LogP contribution in [0, 0.1) is 11.3 Å². The van der Waals surface area contributed by atoms with Gasteiger partial charge in [-0.25, -0.2) is 5.01 Å². The Kier molecular flexibility index (Phi) is 3.18. The third kappa shape index (κ3) is 2.38. The summed E-state index contributed by atoms with van der Waals surface area (Å²) in [7, 11) is 0. The number of hydrogen-bond donors (Lipinski definition) is 1. The molecule has 0 unspecified atom stereocenters. The van der Waals surface area contributed by atoms with Crippen LogP contribution < -0.4 is 5.43 Å². The van der Waals surface area contributed by atoms with Crippen molar-refractivity contribution in [2.24, 2.45) is 0 Å². The van der Waals surface area contributed by atoms with Gasteiger partial charge in [-0.2, -0.15) is 5.26 Å². The fraction of sp³-hybridized carbons (Fsp3) is 0.333. The van der Waals surface area contributed by atoms with E-state index in [9.17, 15) is 4.79 Å². The summed E-state index contributed by atoms with van der Waals surface area (Å²) in [6, 6.07) is 8.67. The Morgan fingerprint density at radius 2 is 1.88 bits per heavy atom. The topological polar surface area (TPSA) is 56.1 Å². The van der Waals surface area contributed by atoms with Gasteiger partial charge in [-0.1, -0.05) is 0 Å². The van der Waals surface area contributed by atoms with E-state index in [-0.39, 0.29) is 5.91 Å². The van der Waals surface area contributed by atoms with E-state index in [1.807, 2.05) is 11.1 Å². The quantitative estimate of drug-likeness (QED) is 0.809. The summed E-state index contributed by atoms with van der Waals surface area (Å²) in [5.74, 6) is -0.105. The van der Waals surface area contributed by atoms with Crippen molar-refractivity contribution in [1.82, 2.24) is 10.4 Å². The lowest BCUT2D eigenvalue weighted by Gasteiger charge is -2.15. The monoisotopic (exact) mass is 215 g/mol. The Hall–Kier alpha value is -1.86. The van der Waals surface area contributed by atoms with Crippen LogP contribution in [-0.4, -0.2) is 24.0 Å². The van der Waals surface area contributed by atoms with Crippen LogP contribution in [0.3, 0.4) is 0 Å². The standard InChI is InChI=1S/C12H13N3O/c13-9-10-3-5-11(6-4-10)12(16)14-15-7-1-2-8-15/h3-6H,1-2,7-8H2,(H,14,16). The highest BCUT2D eigenvalue weighted by Crippen LogP contribution is 2.07. The van der Waals surface area contributed by atoms with Gasteiger partial charge in [0.1, 0.15) is 0 Å². The molecule has 0 aliphatic carbocycles. The summed E-state index contributed by atoms with van der Waals surface area (Å²) < 4.78 is 0. The van der Waals surface area contributed by atoms with E-state index < -0.39 is 0 Å². The number of nitrogens with zero attached hydrogens (tertiary/aromatic N) is 2. The van der Waals surface area contributed by atoms with Crippen LogP contribution in [0.15, 0.2) is 24.3 Å². The summed E-state index contributed by atoms with van der Waals surface area (Å²) in [5.41, 5.74) is 4.00. The molecule has 2 rings (SSSR count). The number of hydrogen-bond acceptors (Lipinski definition) is 3. The minimum atomic E-state index is -0.105. The van der Waals surface area contributed by atoms with Crippen molar-refractivity contribution in [3.8, 4) is 6.07 Å². The summed E-state index contributed by atoms with van der Waals surface area (Å²) in [6.45, 7) is 1.84. The van der Waals surface area contributed by atoms with Gasteiger partial charge >= 0.3 is 0 Å². The number of carbonyl (C=O) groups is 1. The number of nitriles is 1. The lowest BCUT2D eigenvalue weighted by atomic mass is 10.1. The molecule has 1 aromatic rings. The van der Waals surface area contributed by atoms with Crippen molar-refractivity contribution in [1.29, 1.82) is 5.26 Å². The van der Waals surface area contributed by atoms with Gasteiger partial charge in [0.05, 0.1) is 11.6 Å². The Labute approximate surface area is 94.4 Å². The fourth-order valence-corrected chi connectivity index (χ4v) is 1.73. The molecule has 1 aromatic carbocycles. The zero-order valence-electron chi connectivity index (χ0n) is 8.94. The molecule has 1 amide bonds. The molecule has 4 heteroatoms. The third-order valence-corrected chi connectivity index (χ3v) is 2.64. The predicted octanol–water partition coefficient (Wildman–Crippen LogP) is 1.30. The van der Waals surface area contributed by atoms with Crippen molar-refractivity contribution in [2.45, 2.75) is 12.8 Å². The van der Waals surface area contributed by atoms with Crippen LogP contribution in [-0.2, 0) is 0 Å². The molecule has 0 radical (unpaired) electrons. The molecule has 82 valence electrons. The van der Waals surface area contributed by atoms with E-state index in [0.29, 0.717) is 11.1 Å². The lowest BCUT2D eigenvalue weighted by Crippen LogP contribution is -2.39. The molecule has 1 aliphatic rings. The van der Waals surface area contributed by atoms with Crippen molar-refractivity contribution < 1.29 is 4.79 Å². The molecular formula is C12H13N3O. The van der Waals surface area contributed by atoms with E-state index in [0.717, 1.165) is 25.9 Å². The molecule has 0 bridgehead atoms. The second-order valence-corrected chi connectivity index (χ2v) is 3.82. The van der Waals surface area contributed by atoms with Gasteiger partial charge in [-0.3, -0.25) is 10.2 Å². The molecule has 1 N–H and O–H groups in total. The van der Waals surface area contributed by atoms with Crippen LogP contribution in [0.2, 0.25) is 0 Å². The number of carbonyl (C=O) groups excluding carboxylic acids is 1. The molecule has 0 saturated carbocycles. The van der Waals surface area contributed by atoms with Crippen LogP contribution in [0.25, 0.3) is 0 Å². The highest BCUT2D eigenvalue weighted by molar-refractivity contribution is 5.93. The molecular weight excluding hydrogens is 202 g/mol. The fourth-order valence-electron chi connectivity index (χ4n) is 1.73. The van der Waals surface area contributed by atoms with Crippen molar-refractivity contribution in [3.05, 3.63) is 35.4 Å². The van der Waals surface area contributed by atoms with Crippen LogP contribution in [0.4, 0.5) is 0 Å². The molecule has 0 aromatic heterocycles. The summed E-state index contributed by atoms with van der Waals surface area (Å²) in [5, 5.41) is 10.6.